The highest BCUT2D eigenvalue weighted by molar-refractivity contribution is 7.17. The quantitative estimate of drug-likeness (QED) is 0.690. The fourth-order valence-corrected chi connectivity index (χ4v) is 1.33. The minimum atomic E-state index is -0.586. The highest BCUT2D eigenvalue weighted by Gasteiger charge is 2.06. The normalized spacial score (nSPS) is 9.42. The largest absolute Gasteiger partial charge is 0.364 e. The van der Waals surface area contributed by atoms with Crippen LogP contribution in [0.1, 0.15) is 16.7 Å². The summed E-state index contributed by atoms with van der Waals surface area (Å²) in [5, 5.41) is 3.21. The fraction of sp³-hybridized carbons (Fsp3) is 0.167. The van der Waals surface area contributed by atoms with Crippen molar-refractivity contribution in [3.8, 4) is 0 Å². The van der Waals surface area contributed by atoms with Gasteiger partial charge in [0.2, 0.25) is 5.91 Å². The number of carbonyl (C=O) groups excluding carboxylic acids is 2. The lowest BCUT2D eigenvalue weighted by Gasteiger charge is -1.92. The van der Waals surface area contributed by atoms with Gasteiger partial charge >= 0.3 is 0 Å². The van der Waals surface area contributed by atoms with Gasteiger partial charge in [-0.1, -0.05) is 11.3 Å². The van der Waals surface area contributed by atoms with Crippen LogP contribution in [0, 0.1) is 0 Å². The zero-order chi connectivity index (χ0) is 9.14. The summed E-state index contributed by atoms with van der Waals surface area (Å²) in [7, 11) is 0. The number of hydrogen-bond donors (Lipinski definition) is 2. The van der Waals surface area contributed by atoms with Gasteiger partial charge in [-0.05, 0) is 0 Å². The molecule has 0 unspecified atom stereocenters. The van der Waals surface area contributed by atoms with Crippen LogP contribution in [0.3, 0.4) is 0 Å². The first-order valence-electron chi connectivity index (χ1n) is 3.13. The van der Waals surface area contributed by atoms with Crippen LogP contribution in [0.4, 0.5) is 5.00 Å². The Morgan fingerprint density at radius 1 is 1.67 bits per heavy atom. The third-order valence-electron chi connectivity index (χ3n) is 1.02. The Morgan fingerprint density at radius 2 is 2.33 bits per heavy atom. The molecule has 2 amide bonds. The minimum Gasteiger partial charge on any atom is -0.364 e. The van der Waals surface area contributed by atoms with Crippen LogP contribution in [0.5, 0.6) is 0 Å². The molecule has 0 bridgehead atoms. The Morgan fingerprint density at radius 3 is 2.75 bits per heavy atom. The summed E-state index contributed by atoms with van der Waals surface area (Å²) in [6, 6.07) is 0. The van der Waals surface area contributed by atoms with Crippen LogP contribution < -0.4 is 11.1 Å². The number of amides is 2. The number of rotatable bonds is 2. The molecule has 1 heterocycles. The van der Waals surface area contributed by atoms with E-state index in [-0.39, 0.29) is 10.9 Å². The van der Waals surface area contributed by atoms with Crippen molar-refractivity contribution in [3.05, 3.63) is 11.2 Å². The summed E-state index contributed by atoms with van der Waals surface area (Å²) in [4.78, 5) is 24.8. The average molecular weight is 185 g/mol. The van der Waals surface area contributed by atoms with E-state index in [0.29, 0.717) is 5.00 Å². The van der Waals surface area contributed by atoms with Crippen LogP contribution >= 0.6 is 11.3 Å². The van der Waals surface area contributed by atoms with Crippen LogP contribution in [-0.4, -0.2) is 16.8 Å². The summed E-state index contributed by atoms with van der Waals surface area (Å²) in [6.07, 6.45) is 1.40. The molecule has 0 spiro atoms. The lowest BCUT2D eigenvalue weighted by atomic mass is 10.6. The number of thiazole rings is 1. The van der Waals surface area contributed by atoms with Crippen LogP contribution in [0.15, 0.2) is 6.20 Å². The van der Waals surface area contributed by atoms with Gasteiger partial charge in [-0.2, -0.15) is 0 Å². The topological polar surface area (TPSA) is 85.1 Å². The van der Waals surface area contributed by atoms with Crippen molar-refractivity contribution < 1.29 is 9.59 Å². The summed E-state index contributed by atoms with van der Waals surface area (Å²) in [5.41, 5.74) is 4.95. The predicted molar refractivity (Wildman–Crippen MR) is 44.9 cm³/mol. The lowest BCUT2D eigenvalue weighted by molar-refractivity contribution is -0.114. The second-order valence-electron chi connectivity index (χ2n) is 2.08. The van der Waals surface area contributed by atoms with Crippen molar-refractivity contribution in [2.75, 3.05) is 5.32 Å². The number of carbonyl (C=O) groups is 2. The van der Waals surface area contributed by atoms with E-state index in [4.69, 9.17) is 5.73 Å². The molecular formula is C6H7N3O2S. The lowest BCUT2D eigenvalue weighted by Crippen LogP contribution is -2.09. The summed E-state index contributed by atoms with van der Waals surface area (Å²) >= 11 is 1.05. The van der Waals surface area contributed by atoms with Gasteiger partial charge < -0.3 is 11.1 Å². The van der Waals surface area contributed by atoms with Crippen molar-refractivity contribution in [2.24, 2.45) is 5.73 Å². The van der Waals surface area contributed by atoms with Crippen molar-refractivity contribution in [2.45, 2.75) is 6.92 Å². The third-order valence-corrected chi connectivity index (χ3v) is 1.94. The molecule has 5 nitrogen and oxygen atoms in total. The van der Waals surface area contributed by atoms with Crippen molar-refractivity contribution >= 4 is 28.2 Å². The van der Waals surface area contributed by atoms with Crippen molar-refractivity contribution in [1.82, 2.24) is 4.98 Å². The van der Waals surface area contributed by atoms with Gasteiger partial charge in [-0.3, -0.25) is 9.59 Å². The van der Waals surface area contributed by atoms with E-state index in [1.165, 1.54) is 13.1 Å². The highest BCUT2D eigenvalue weighted by atomic mass is 32.1. The van der Waals surface area contributed by atoms with E-state index < -0.39 is 5.91 Å². The number of anilines is 1. The molecule has 0 fully saturated rings. The smallest absolute Gasteiger partial charge is 0.277 e. The number of nitrogens with zero attached hydrogens (tertiary/aromatic N) is 1. The molecule has 0 radical (unpaired) electrons. The van der Waals surface area contributed by atoms with Gasteiger partial charge in [0.25, 0.3) is 5.91 Å². The first-order chi connectivity index (χ1) is 5.59. The first-order valence-corrected chi connectivity index (χ1v) is 3.94. The molecule has 1 rings (SSSR count). The van der Waals surface area contributed by atoms with E-state index in [9.17, 15) is 9.59 Å². The molecule has 0 atom stereocenters. The molecule has 0 aromatic carbocycles. The van der Waals surface area contributed by atoms with Gasteiger partial charge in [0.05, 0.1) is 6.20 Å². The van der Waals surface area contributed by atoms with Crippen LogP contribution in [-0.2, 0) is 4.79 Å². The second-order valence-corrected chi connectivity index (χ2v) is 3.11. The van der Waals surface area contributed by atoms with Gasteiger partial charge in [0.15, 0.2) is 5.01 Å². The number of aromatic nitrogens is 1. The SMILES string of the molecule is CC(=O)Nc1cnc(C(N)=O)s1. The minimum absolute atomic E-state index is 0.193. The molecule has 1 aromatic rings. The van der Waals surface area contributed by atoms with Gasteiger partial charge in [-0.25, -0.2) is 4.98 Å². The van der Waals surface area contributed by atoms with Crippen LogP contribution in [0.25, 0.3) is 0 Å². The molecule has 0 aliphatic carbocycles. The molecular weight excluding hydrogens is 178 g/mol. The number of nitrogens with one attached hydrogen (secondary N) is 1. The Balaban J connectivity index is 2.77. The van der Waals surface area contributed by atoms with Crippen molar-refractivity contribution in [3.63, 3.8) is 0 Å². The van der Waals surface area contributed by atoms with Gasteiger partial charge in [-0.15, -0.1) is 0 Å². The Kier molecular flexibility index (Phi) is 2.39. The maximum absolute atomic E-state index is 10.6. The molecule has 0 aliphatic heterocycles. The molecule has 3 N–H and O–H groups in total. The number of hydrogen-bond acceptors (Lipinski definition) is 4. The van der Waals surface area contributed by atoms with E-state index >= 15 is 0 Å². The summed E-state index contributed by atoms with van der Waals surface area (Å²) < 4.78 is 0. The van der Waals surface area contributed by atoms with Gasteiger partial charge in [0, 0.05) is 6.92 Å². The molecule has 6 heteroatoms. The Labute approximate surface area is 72.6 Å². The van der Waals surface area contributed by atoms with E-state index in [1.807, 2.05) is 0 Å². The molecule has 64 valence electrons. The molecule has 1 aromatic heterocycles. The molecule has 0 saturated heterocycles. The maximum atomic E-state index is 10.6. The standard InChI is InChI=1S/C6H7N3O2S/c1-3(10)9-4-2-8-6(12-4)5(7)11/h2H,1H3,(H2,7,11)(H,9,10). The second kappa shape index (κ2) is 3.31. The third kappa shape index (κ3) is 2.03. The Hall–Kier alpha value is -1.43. The predicted octanol–water partition coefficient (Wildman–Crippen LogP) is 0.200. The van der Waals surface area contributed by atoms with E-state index in [1.54, 1.807) is 0 Å². The average Bonchev–Trinajstić information content (AvgIpc) is 2.34. The van der Waals surface area contributed by atoms with E-state index in [2.05, 4.69) is 10.3 Å². The zero-order valence-corrected chi connectivity index (χ0v) is 7.14. The Bertz CT molecular complexity index is 320. The molecule has 0 aliphatic rings. The zero-order valence-electron chi connectivity index (χ0n) is 6.33. The molecule has 12 heavy (non-hydrogen) atoms. The van der Waals surface area contributed by atoms with Crippen molar-refractivity contribution in [1.29, 1.82) is 0 Å². The van der Waals surface area contributed by atoms with Gasteiger partial charge in [0.1, 0.15) is 5.00 Å². The first kappa shape index (κ1) is 8.66. The van der Waals surface area contributed by atoms with Crippen LogP contribution in [0.2, 0.25) is 0 Å². The summed E-state index contributed by atoms with van der Waals surface area (Å²) in [6.45, 7) is 1.38. The highest BCUT2D eigenvalue weighted by Crippen LogP contribution is 2.17. The summed E-state index contributed by atoms with van der Waals surface area (Å²) in [5.74, 6) is -0.786. The van der Waals surface area contributed by atoms with E-state index in [0.717, 1.165) is 11.3 Å². The number of nitrogens with two attached hydrogens (primary N) is 1. The fourth-order valence-electron chi connectivity index (χ4n) is 0.619. The number of primary amides is 1. The monoisotopic (exact) mass is 185 g/mol. The maximum Gasteiger partial charge on any atom is 0.277 e. The molecule has 0 saturated carbocycles.